The van der Waals surface area contributed by atoms with Gasteiger partial charge in [0.05, 0.1) is 7.11 Å². The van der Waals surface area contributed by atoms with Gasteiger partial charge in [-0.2, -0.15) is 0 Å². The molecule has 2 heterocycles. The fourth-order valence-electron chi connectivity index (χ4n) is 3.45. The van der Waals surface area contributed by atoms with Gasteiger partial charge >= 0.3 is 0 Å². The predicted molar refractivity (Wildman–Crippen MR) is 87.8 cm³/mol. The quantitative estimate of drug-likeness (QED) is 0.945. The Bertz CT molecular complexity index is 721. The second-order valence-corrected chi connectivity index (χ2v) is 6.31. The van der Waals surface area contributed by atoms with Gasteiger partial charge in [0.25, 0.3) is 5.91 Å². The number of hydrogen-bond acceptors (Lipinski definition) is 4. The standard InChI is InChI=1S/C18H23NO4/c1-11-9-13(10-20)7-8-19(11)18(21)16-12(2)14-5-4-6-15(22-3)17(14)23-16/h4-6,11,13,20H,7-10H2,1-3H3/t11-,13-/m0/s1. The Morgan fingerprint density at radius 2 is 2.26 bits per heavy atom. The monoisotopic (exact) mass is 317 g/mol. The largest absolute Gasteiger partial charge is 0.493 e. The van der Waals surface area contributed by atoms with Crippen LogP contribution in [-0.2, 0) is 0 Å². The van der Waals surface area contributed by atoms with E-state index in [9.17, 15) is 9.90 Å². The van der Waals surface area contributed by atoms with E-state index in [0.29, 0.717) is 23.6 Å². The summed E-state index contributed by atoms with van der Waals surface area (Å²) >= 11 is 0. The van der Waals surface area contributed by atoms with Crippen molar-refractivity contribution in [3.05, 3.63) is 29.5 Å². The Balaban J connectivity index is 1.94. The number of aliphatic hydroxyl groups is 1. The first-order valence-electron chi connectivity index (χ1n) is 8.04. The third-order valence-electron chi connectivity index (χ3n) is 4.85. The average Bonchev–Trinajstić information content (AvgIpc) is 2.91. The number of amides is 1. The van der Waals surface area contributed by atoms with E-state index in [1.54, 1.807) is 7.11 Å². The lowest BCUT2D eigenvalue weighted by molar-refractivity contribution is 0.0487. The van der Waals surface area contributed by atoms with Crippen molar-refractivity contribution in [3.63, 3.8) is 0 Å². The number of aliphatic hydroxyl groups excluding tert-OH is 1. The van der Waals surface area contributed by atoms with Crippen molar-refractivity contribution < 1.29 is 19.1 Å². The molecule has 2 atom stereocenters. The number of aryl methyl sites for hydroxylation is 1. The maximum absolute atomic E-state index is 12.9. The molecule has 1 aliphatic heterocycles. The van der Waals surface area contributed by atoms with E-state index in [-0.39, 0.29) is 24.5 Å². The minimum Gasteiger partial charge on any atom is -0.493 e. The molecule has 1 N–H and O–H groups in total. The van der Waals surface area contributed by atoms with Gasteiger partial charge in [-0.25, -0.2) is 0 Å². The Morgan fingerprint density at radius 1 is 1.48 bits per heavy atom. The van der Waals surface area contributed by atoms with E-state index in [2.05, 4.69) is 0 Å². The predicted octanol–water partition coefficient (Wildman–Crippen LogP) is 2.98. The van der Waals surface area contributed by atoms with E-state index in [1.807, 2.05) is 36.9 Å². The number of fused-ring (bicyclic) bond motifs is 1. The van der Waals surface area contributed by atoms with Gasteiger partial charge in [0.1, 0.15) is 0 Å². The topological polar surface area (TPSA) is 62.9 Å². The van der Waals surface area contributed by atoms with Crippen LogP contribution >= 0.6 is 0 Å². The second kappa shape index (κ2) is 6.24. The Morgan fingerprint density at radius 3 is 2.91 bits per heavy atom. The number of methoxy groups -OCH3 is 1. The molecule has 5 heteroatoms. The molecule has 2 aromatic rings. The van der Waals surface area contributed by atoms with E-state index in [0.717, 1.165) is 23.8 Å². The molecular weight excluding hydrogens is 294 g/mol. The summed E-state index contributed by atoms with van der Waals surface area (Å²) in [5, 5.41) is 10.2. The molecule has 1 fully saturated rings. The summed E-state index contributed by atoms with van der Waals surface area (Å²) in [7, 11) is 1.59. The van der Waals surface area contributed by atoms with Gasteiger partial charge in [-0.15, -0.1) is 0 Å². The number of furan rings is 1. The maximum Gasteiger partial charge on any atom is 0.290 e. The number of ether oxygens (including phenoxy) is 1. The summed E-state index contributed by atoms with van der Waals surface area (Å²) in [5.74, 6) is 1.23. The van der Waals surface area contributed by atoms with E-state index in [1.165, 1.54) is 0 Å². The molecule has 1 amide bonds. The first-order valence-corrected chi connectivity index (χ1v) is 8.04. The number of benzene rings is 1. The third-order valence-corrected chi connectivity index (χ3v) is 4.85. The average molecular weight is 317 g/mol. The van der Waals surface area contributed by atoms with Gasteiger partial charge in [-0.3, -0.25) is 4.79 Å². The number of rotatable bonds is 3. The van der Waals surface area contributed by atoms with Gasteiger partial charge in [0.2, 0.25) is 0 Å². The van der Waals surface area contributed by atoms with Crippen LogP contribution in [0.4, 0.5) is 0 Å². The van der Waals surface area contributed by atoms with Gasteiger partial charge in [0.15, 0.2) is 17.1 Å². The fraction of sp³-hybridized carbons (Fsp3) is 0.500. The van der Waals surface area contributed by atoms with Crippen LogP contribution in [0.5, 0.6) is 5.75 Å². The number of piperidine rings is 1. The molecule has 0 radical (unpaired) electrons. The highest BCUT2D eigenvalue weighted by Gasteiger charge is 2.32. The highest BCUT2D eigenvalue weighted by atomic mass is 16.5. The lowest BCUT2D eigenvalue weighted by Crippen LogP contribution is -2.45. The zero-order valence-corrected chi connectivity index (χ0v) is 13.8. The van der Waals surface area contributed by atoms with Crippen LogP contribution in [0, 0.1) is 12.8 Å². The van der Waals surface area contributed by atoms with Crippen molar-refractivity contribution in [1.29, 1.82) is 0 Å². The Hall–Kier alpha value is -2.01. The summed E-state index contributed by atoms with van der Waals surface area (Å²) in [6.07, 6.45) is 1.65. The molecule has 0 aliphatic carbocycles. The zero-order chi connectivity index (χ0) is 16.6. The summed E-state index contributed by atoms with van der Waals surface area (Å²) in [5.41, 5.74) is 1.47. The van der Waals surface area contributed by atoms with Crippen molar-refractivity contribution in [2.45, 2.75) is 32.7 Å². The highest BCUT2D eigenvalue weighted by Crippen LogP contribution is 2.34. The van der Waals surface area contributed by atoms with E-state index < -0.39 is 0 Å². The smallest absolute Gasteiger partial charge is 0.290 e. The number of nitrogens with zero attached hydrogens (tertiary/aromatic N) is 1. The third kappa shape index (κ3) is 2.70. The van der Waals surface area contributed by atoms with Crippen molar-refractivity contribution in [1.82, 2.24) is 4.90 Å². The van der Waals surface area contributed by atoms with Crippen LogP contribution in [-0.4, -0.2) is 42.2 Å². The van der Waals surface area contributed by atoms with Gasteiger partial charge in [-0.1, -0.05) is 12.1 Å². The molecule has 0 bridgehead atoms. The molecule has 5 nitrogen and oxygen atoms in total. The molecule has 23 heavy (non-hydrogen) atoms. The van der Waals surface area contributed by atoms with Crippen molar-refractivity contribution in [2.75, 3.05) is 20.3 Å². The lowest BCUT2D eigenvalue weighted by Gasteiger charge is -2.36. The molecule has 0 unspecified atom stereocenters. The van der Waals surface area contributed by atoms with Crippen LogP contribution in [0.25, 0.3) is 11.0 Å². The molecule has 1 aliphatic rings. The lowest BCUT2D eigenvalue weighted by atomic mass is 9.92. The minimum atomic E-state index is -0.0790. The SMILES string of the molecule is COc1cccc2c(C)c(C(=O)N3CC[C@H](CO)C[C@@H]3C)oc12. The van der Waals surface area contributed by atoms with E-state index in [4.69, 9.17) is 9.15 Å². The molecule has 0 saturated carbocycles. The maximum atomic E-state index is 12.9. The van der Waals surface area contributed by atoms with Crippen molar-refractivity contribution in [2.24, 2.45) is 5.92 Å². The van der Waals surface area contributed by atoms with Crippen LogP contribution in [0.15, 0.2) is 22.6 Å². The number of para-hydroxylation sites is 1. The number of carbonyl (C=O) groups is 1. The van der Waals surface area contributed by atoms with Crippen molar-refractivity contribution in [3.8, 4) is 5.75 Å². The van der Waals surface area contributed by atoms with Crippen LogP contribution < -0.4 is 4.74 Å². The molecule has 1 aromatic carbocycles. The summed E-state index contributed by atoms with van der Waals surface area (Å²) in [6, 6.07) is 5.76. The first-order chi connectivity index (χ1) is 11.1. The molecule has 124 valence electrons. The number of carbonyl (C=O) groups excluding carboxylic acids is 1. The zero-order valence-electron chi connectivity index (χ0n) is 13.8. The molecule has 1 aromatic heterocycles. The first kappa shape index (κ1) is 15.9. The highest BCUT2D eigenvalue weighted by molar-refractivity contribution is 6.00. The summed E-state index contributed by atoms with van der Waals surface area (Å²) in [6.45, 7) is 4.77. The Labute approximate surface area is 135 Å². The minimum absolute atomic E-state index is 0.0790. The van der Waals surface area contributed by atoms with Gasteiger partial charge < -0.3 is 19.2 Å². The molecular formula is C18H23NO4. The molecule has 1 saturated heterocycles. The van der Waals surface area contributed by atoms with Crippen LogP contribution in [0.2, 0.25) is 0 Å². The van der Waals surface area contributed by atoms with Crippen LogP contribution in [0.1, 0.15) is 35.9 Å². The van der Waals surface area contributed by atoms with Gasteiger partial charge in [-0.05, 0) is 38.7 Å². The van der Waals surface area contributed by atoms with Crippen molar-refractivity contribution >= 4 is 16.9 Å². The van der Waals surface area contributed by atoms with E-state index >= 15 is 0 Å². The Kier molecular flexibility index (Phi) is 4.31. The fourth-order valence-corrected chi connectivity index (χ4v) is 3.45. The molecule has 0 spiro atoms. The normalized spacial score (nSPS) is 21.7. The summed E-state index contributed by atoms with van der Waals surface area (Å²) in [4.78, 5) is 14.8. The van der Waals surface area contributed by atoms with Crippen LogP contribution in [0.3, 0.4) is 0 Å². The number of hydrogen-bond donors (Lipinski definition) is 1. The summed E-state index contributed by atoms with van der Waals surface area (Å²) < 4.78 is 11.2. The molecule has 3 rings (SSSR count). The second-order valence-electron chi connectivity index (χ2n) is 6.31. The van der Waals surface area contributed by atoms with Gasteiger partial charge in [0, 0.05) is 30.1 Å². The number of likely N-dealkylation sites (tertiary alicyclic amines) is 1.